The van der Waals surface area contributed by atoms with Crippen molar-refractivity contribution in [3.63, 3.8) is 0 Å². The van der Waals surface area contributed by atoms with Crippen LogP contribution in [0.1, 0.15) is 5.56 Å². The monoisotopic (exact) mass is 180 g/mol. The molecule has 2 amide bonds. The van der Waals surface area contributed by atoms with Gasteiger partial charge >= 0.3 is 6.03 Å². The number of carbonyl (C=O) groups is 1. The van der Waals surface area contributed by atoms with Crippen LogP contribution in [0.5, 0.6) is 0 Å². The summed E-state index contributed by atoms with van der Waals surface area (Å²) in [6.45, 7) is -0.103. The fraction of sp³-hybridized carbons (Fsp3) is 0.222. The van der Waals surface area contributed by atoms with Crippen LogP contribution in [-0.2, 0) is 6.61 Å². The van der Waals surface area contributed by atoms with E-state index in [9.17, 15) is 4.79 Å². The van der Waals surface area contributed by atoms with Gasteiger partial charge in [0.05, 0.1) is 12.3 Å². The lowest BCUT2D eigenvalue weighted by Crippen LogP contribution is -2.32. The molecule has 0 radical (unpaired) electrons. The highest BCUT2D eigenvalue weighted by atomic mass is 16.3. The predicted octanol–water partition coefficient (Wildman–Crippen LogP) is 0.694. The molecule has 0 heterocycles. The van der Waals surface area contributed by atoms with Crippen molar-refractivity contribution in [1.82, 2.24) is 0 Å². The van der Waals surface area contributed by atoms with Gasteiger partial charge in [0, 0.05) is 12.6 Å². The fourth-order valence-corrected chi connectivity index (χ4v) is 1.09. The first-order valence-electron chi connectivity index (χ1n) is 3.88. The van der Waals surface area contributed by atoms with Crippen molar-refractivity contribution in [2.24, 2.45) is 5.73 Å². The van der Waals surface area contributed by atoms with E-state index in [1.165, 1.54) is 4.90 Å². The van der Waals surface area contributed by atoms with Crippen molar-refractivity contribution in [1.29, 1.82) is 0 Å². The van der Waals surface area contributed by atoms with Crippen molar-refractivity contribution in [3.05, 3.63) is 29.8 Å². The van der Waals surface area contributed by atoms with E-state index in [-0.39, 0.29) is 6.61 Å². The highest BCUT2D eigenvalue weighted by Gasteiger charge is 2.09. The Kier molecular flexibility index (Phi) is 2.87. The number of aliphatic hydroxyl groups is 1. The molecular formula is C9H12N2O2. The Labute approximate surface area is 76.6 Å². The molecule has 1 aromatic carbocycles. The number of hydrogen-bond donors (Lipinski definition) is 2. The third-order valence-electron chi connectivity index (χ3n) is 1.85. The molecule has 0 spiro atoms. The number of amides is 2. The third kappa shape index (κ3) is 1.97. The molecule has 4 nitrogen and oxygen atoms in total. The molecule has 0 fully saturated rings. The summed E-state index contributed by atoms with van der Waals surface area (Å²) in [6.07, 6.45) is 0. The van der Waals surface area contributed by atoms with Crippen molar-refractivity contribution in [2.75, 3.05) is 11.9 Å². The van der Waals surface area contributed by atoms with Crippen LogP contribution in [0.25, 0.3) is 0 Å². The van der Waals surface area contributed by atoms with Crippen molar-refractivity contribution < 1.29 is 9.90 Å². The average Bonchev–Trinajstić information content (AvgIpc) is 2.16. The van der Waals surface area contributed by atoms with Crippen LogP contribution in [0.2, 0.25) is 0 Å². The number of rotatable bonds is 2. The van der Waals surface area contributed by atoms with E-state index in [1.54, 1.807) is 31.3 Å². The molecule has 0 aromatic heterocycles. The standard InChI is InChI=1S/C9H12N2O2/c1-11(9(10)13)8-5-3-2-4-7(8)6-12/h2-5,12H,6H2,1H3,(H2,10,13). The first-order valence-corrected chi connectivity index (χ1v) is 3.88. The minimum Gasteiger partial charge on any atom is -0.392 e. The molecule has 3 N–H and O–H groups in total. The van der Waals surface area contributed by atoms with Crippen LogP contribution < -0.4 is 10.6 Å². The van der Waals surface area contributed by atoms with Crippen LogP contribution >= 0.6 is 0 Å². The van der Waals surface area contributed by atoms with Gasteiger partial charge in [-0.25, -0.2) is 4.79 Å². The van der Waals surface area contributed by atoms with Gasteiger partial charge in [-0.2, -0.15) is 0 Å². The van der Waals surface area contributed by atoms with E-state index >= 15 is 0 Å². The minimum absolute atomic E-state index is 0.103. The highest BCUT2D eigenvalue weighted by Crippen LogP contribution is 2.18. The number of hydrogen-bond acceptors (Lipinski definition) is 2. The van der Waals surface area contributed by atoms with Crippen molar-refractivity contribution >= 4 is 11.7 Å². The maximum absolute atomic E-state index is 10.8. The van der Waals surface area contributed by atoms with E-state index < -0.39 is 6.03 Å². The van der Waals surface area contributed by atoms with Gasteiger partial charge in [-0.3, -0.25) is 4.90 Å². The second-order valence-electron chi connectivity index (χ2n) is 2.68. The summed E-state index contributed by atoms with van der Waals surface area (Å²) in [6, 6.07) is 6.52. The summed E-state index contributed by atoms with van der Waals surface area (Å²) in [7, 11) is 1.57. The third-order valence-corrected chi connectivity index (χ3v) is 1.85. The Morgan fingerprint density at radius 3 is 2.69 bits per heavy atom. The van der Waals surface area contributed by atoms with Gasteiger partial charge in [0.2, 0.25) is 0 Å². The molecule has 0 aliphatic carbocycles. The summed E-state index contributed by atoms with van der Waals surface area (Å²) in [4.78, 5) is 12.1. The average molecular weight is 180 g/mol. The maximum Gasteiger partial charge on any atom is 0.319 e. The van der Waals surface area contributed by atoms with Crippen molar-refractivity contribution in [3.8, 4) is 0 Å². The first-order chi connectivity index (χ1) is 6.16. The van der Waals surface area contributed by atoms with E-state index in [4.69, 9.17) is 10.8 Å². The van der Waals surface area contributed by atoms with Crippen LogP contribution in [0, 0.1) is 0 Å². The number of carbonyl (C=O) groups excluding carboxylic acids is 1. The number of anilines is 1. The van der Waals surface area contributed by atoms with Gasteiger partial charge in [-0.05, 0) is 6.07 Å². The Bertz CT molecular complexity index is 312. The summed E-state index contributed by atoms with van der Waals surface area (Å²) in [5.41, 5.74) is 6.42. The smallest absolute Gasteiger partial charge is 0.319 e. The SMILES string of the molecule is CN(C(N)=O)c1ccccc1CO. The Balaban J connectivity index is 3.05. The van der Waals surface area contributed by atoms with E-state index in [2.05, 4.69) is 0 Å². The molecule has 13 heavy (non-hydrogen) atoms. The van der Waals surface area contributed by atoms with Crippen LogP contribution in [-0.4, -0.2) is 18.2 Å². The second kappa shape index (κ2) is 3.91. The predicted molar refractivity (Wildman–Crippen MR) is 50.4 cm³/mol. The molecule has 0 unspecified atom stereocenters. The molecule has 70 valence electrons. The molecular weight excluding hydrogens is 168 g/mol. The molecule has 1 rings (SSSR count). The summed E-state index contributed by atoms with van der Waals surface area (Å²) in [5, 5.41) is 8.97. The van der Waals surface area contributed by atoms with Crippen LogP contribution in [0.3, 0.4) is 0 Å². The van der Waals surface area contributed by atoms with Gasteiger partial charge in [0.1, 0.15) is 0 Å². The van der Waals surface area contributed by atoms with Gasteiger partial charge in [0.15, 0.2) is 0 Å². The van der Waals surface area contributed by atoms with E-state index in [0.29, 0.717) is 11.3 Å². The number of nitrogens with two attached hydrogens (primary N) is 1. The van der Waals surface area contributed by atoms with Gasteiger partial charge in [-0.1, -0.05) is 18.2 Å². The quantitative estimate of drug-likeness (QED) is 0.703. The molecule has 4 heteroatoms. The van der Waals surface area contributed by atoms with Gasteiger partial charge < -0.3 is 10.8 Å². The number of aliphatic hydroxyl groups excluding tert-OH is 1. The Morgan fingerprint density at radius 1 is 1.54 bits per heavy atom. The van der Waals surface area contributed by atoms with Crippen molar-refractivity contribution in [2.45, 2.75) is 6.61 Å². The van der Waals surface area contributed by atoms with Crippen LogP contribution in [0.15, 0.2) is 24.3 Å². The van der Waals surface area contributed by atoms with E-state index in [1.807, 2.05) is 0 Å². The zero-order valence-corrected chi connectivity index (χ0v) is 7.40. The highest BCUT2D eigenvalue weighted by molar-refractivity contribution is 5.90. The van der Waals surface area contributed by atoms with Crippen LogP contribution in [0.4, 0.5) is 10.5 Å². The topological polar surface area (TPSA) is 66.6 Å². The summed E-state index contributed by atoms with van der Waals surface area (Å²) in [5.74, 6) is 0. The molecule has 0 atom stereocenters. The number of nitrogens with zero attached hydrogens (tertiary/aromatic N) is 1. The lowest BCUT2D eigenvalue weighted by Gasteiger charge is -2.17. The normalized spacial score (nSPS) is 9.69. The second-order valence-corrected chi connectivity index (χ2v) is 2.68. The molecule has 1 aromatic rings. The summed E-state index contributed by atoms with van der Waals surface area (Å²) < 4.78 is 0. The number of urea groups is 1. The molecule has 0 bridgehead atoms. The number of para-hydroxylation sites is 1. The van der Waals surface area contributed by atoms with Gasteiger partial charge in [0.25, 0.3) is 0 Å². The maximum atomic E-state index is 10.8. The number of primary amides is 1. The molecule has 0 aliphatic heterocycles. The zero-order chi connectivity index (χ0) is 9.84. The van der Waals surface area contributed by atoms with Gasteiger partial charge in [-0.15, -0.1) is 0 Å². The summed E-state index contributed by atoms with van der Waals surface area (Å²) >= 11 is 0. The minimum atomic E-state index is -0.541. The van der Waals surface area contributed by atoms with E-state index in [0.717, 1.165) is 0 Å². The molecule has 0 saturated heterocycles. The largest absolute Gasteiger partial charge is 0.392 e. The lowest BCUT2D eigenvalue weighted by atomic mass is 10.2. The Hall–Kier alpha value is -1.55. The first kappa shape index (κ1) is 9.54. The number of benzene rings is 1. The Morgan fingerprint density at radius 2 is 2.15 bits per heavy atom. The zero-order valence-electron chi connectivity index (χ0n) is 7.40. The lowest BCUT2D eigenvalue weighted by molar-refractivity contribution is 0.254. The molecule has 0 saturated carbocycles. The fourth-order valence-electron chi connectivity index (χ4n) is 1.09. The molecule has 0 aliphatic rings.